The lowest BCUT2D eigenvalue weighted by atomic mass is 9.61. The Labute approximate surface area is 104 Å². The third-order valence-electron chi connectivity index (χ3n) is 2.90. The van der Waals surface area contributed by atoms with E-state index < -0.39 is 0 Å². The molecule has 0 atom stereocenters. The third kappa shape index (κ3) is 2.12. The van der Waals surface area contributed by atoms with Crippen LogP contribution in [-0.2, 0) is 0 Å². The van der Waals surface area contributed by atoms with Gasteiger partial charge in [0, 0.05) is 0 Å². The highest BCUT2D eigenvalue weighted by Crippen LogP contribution is 2.11. The molecule has 0 N–H and O–H groups in total. The van der Waals surface area contributed by atoms with Gasteiger partial charge in [-0.25, -0.2) is 0 Å². The second kappa shape index (κ2) is 4.77. The van der Waals surface area contributed by atoms with Gasteiger partial charge in [-0.15, -0.1) is 21.9 Å². The lowest BCUT2D eigenvalue weighted by Gasteiger charge is -2.26. The fourth-order valence-corrected chi connectivity index (χ4v) is 2.11. The molecular formula is C12H14B4. The molecule has 16 heavy (non-hydrogen) atoms. The van der Waals surface area contributed by atoms with Crippen LogP contribution in [0.25, 0.3) is 0 Å². The summed E-state index contributed by atoms with van der Waals surface area (Å²) in [6, 6.07) is 0. The van der Waals surface area contributed by atoms with Gasteiger partial charge in [0.1, 0.15) is 31.4 Å². The molecule has 0 bridgehead atoms. The van der Waals surface area contributed by atoms with E-state index in [-0.39, 0.29) is 11.8 Å². The van der Waals surface area contributed by atoms with Crippen molar-refractivity contribution in [2.45, 2.75) is 39.5 Å². The Morgan fingerprint density at radius 1 is 0.562 bits per heavy atom. The van der Waals surface area contributed by atoms with Gasteiger partial charge < -0.3 is 0 Å². The summed E-state index contributed by atoms with van der Waals surface area (Å²) in [5.41, 5.74) is 4.02. The van der Waals surface area contributed by atoms with Crippen LogP contribution in [0.2, 0.25) is 0 Å². The molecule has 74 valence electrons. The summed E-state index contributed by atoms with van der Waals surface area (Å²) in [5, 5.41) is 0. The van der Waals surface area contributed by atoms with Crippen LogP contribution in [0.1, 0.15) is 50.7 Å². The first-order chi connectivity index (χ1) is 7.29. The van der Waals surface area contributed by atoms with E-state index in [2.05, 4.69) is 0 Å². The zero-order valence-electron chi connectivity index (χ0n) is 10.5. The van der Waals surface area contributed by atoms with Crippen molar-refractivity contribution in [2.24, 2.45) is 0 Å². The monoisotopic (exact) mass is 202 g/mol. The summed E-state index contributed by atoms with van der Waals surface area (Å²) in [6.07, 6.45) is 0. The maximum atomic E-state index is 6.03. The summed E-state index contributed by atoms with van der Waals surface area (Å²) < 4.78 is 0. The summed E-state index contributed by atoms with van der Waals surface area (Å²) in [5.74, 6) is 0.427. The second-order valence-corrected chi connectivity index (χ2v) is 4.79. The topological polar surface area (TPSA) is 0 Å². The third-order valence-corrected chi connectivity index (χ3v) is 2.90. The maximum Gasteiger partial charge on any atom is 0.113 e. The van der Waals surface area contributed by atoms with Crippen LogP contribution in [0.3, 0.4) is 0 Å². The van der Waals surface area contributed by atoms with Crippen LogP contribution in [0, 0.1) is 0 Å². The molecule has 0 aliphatic rings. The molecule has 1 aromatic rings. The van der Waals surface area contributed by atoms with Crippen molar-refractivity contribution in [3.8, 4) is 0 Å². The zero-order valence-corrected chi connectivity index (χ0v) is 10.5. The number of benzene rings is 1. The molecule has 0 saturated carbocycles. The summed E-state index contributed by atoms with van der Waals surface area (Å²) in [7, 11) is 24.1. The SMILES string of the molecule is [B]c1c([B])c(C(C)C)c([B])c([B])c1C(C)C. The van der Waals surface area contributed by atoms with Crippen LogP contribution >= 0.6 is 0 Å². The molecule has 1 rings (SSSR count). The maximum absolute atomic E-state index is 6.03. The fourth-order valence-electron chi connectivity index (χ4n) is 2.11. The first kappa shape index (κ1) is 13.5. The first-order valence-corrected chi connectivity index (χ1v) is 5.54. The van der Waals surface area contributed by atoms with E-state index in [4.69, 9.17) is 31.4 Å². The highest BCUT2D eigenvalue weighted by Gasteiger charge is 2.16. The average molecular weight is 201 g/mol. The quantitative estimate of drug-likeness (QED) is 0.545. The Morgan fingerprint density at radius 3 is 0.875 bits per heavy atom. The van der Waals surface area contributed by atoms with Crippen molar-refractivity contribution in [3.63, 3.8) is 0 Å². The molecule has 0 nitrogen and oxygen atoms in total. The Hall–Kier alpha value is -0.520. The standard InChI is InChI=1S/C12H14B4/c1-5(2)7-9(13)11(15)8(6(3)4)12(16)10(7)14/h5-6H,1-4H3. The van der Waals surface area contributed by atoms with Gasteiger partial charge in [-0.1, -0.05) is 38.8 Å². The molecule has 0 unspecified atom stereocenters. The van der Waals surface area contributed by atoms with E-state index in [1.54, 1.807) is 0 Å². The molecule has 0 aliphatic carbocycles. The van der Waals surface area contributed by atoms with Gasteiger partial charge in [0.05, 0.1) is 0 Å². The fraction of sp³-hybridized carbons (Fsp3) is 0.500. The van der Waals surface area contributed by atoms with E-state index in [0.717, 1.165) is 11.1 Å². The predicted molar refractivity (Wildman–Crippen MR) is 76.2 cm³/mol. The van der Waals surface area contributed by atoms with Crippen LogP contribution in [0.4, 0.5) is 0 Å². The van der Waals surface area contributed by atoms with Crippen molar-refractivity contribution in [2.75, 3.05) is 0 Å². The van der Waals surface area contributed by atoms with Crippen LogP contribution in [-0.4, -0.2) is 31.4 Å². The highest BCUT2D eigenvalue weighted by atomic mass is 14.2. The van der Waals surface area contributed by atoms with Crippen molar-refractivity contribution in [1.82, 2.24) is 0 Å². The normalized spacial score (nSPS) is 11.4. The Kier molecular flexibility index (Phi) is 4.04. The van der Waals surface area contributed by atoms with Crippen molar-refractivity contribution < 1.29 is 0 Å². The molecule has 0 saturated heterocycles. The van der Waals surface area contributed by atoms with Crippen molar-refractivity contribution >= 4 is 53.2 Å². The first-order valence-electron chi connectivity index (χ1n) is 5.54. The smallest absolute Gasteiger partial charge is 0.100 e. The van der Waals surface area contributed by atoms with Gasteiger partial charge in [0.2, 0.25) is 0 Å². The lowest BCUT2D eigenvalue weighted by molar-refractivity contribution is 0.867. The van der Waals surface area contributed by atoms with Gasteiger partial charge in [0.25, 0.3) is 0 Å². The summed E-state index contributed by atoms with van der Waals surface area (Å²) >= 11 is 0. The van der Waals surface area contributed by atoms with Crippen LogP contribution in [0.15, 0.2) is 0 Å². The minimum absolute atomic E-state index is 0.214. The second-order valence-electron chi connectivity index (χ2n) is 4.79. The molecular weight excluding hydrogens is 187 g/mol. The average Bonchev–Trinajstić information content (AvgIpc) is 2.14. The number of rotatable bonds is 2. The highest BCUT2D eigenvalue weighted by molar-refractivity contribution is 6.58. The van der Waals surface area contributed by atoms with Crippen LogP contribution in [0.5, 0.6) is 0 Å². The molecule has 0 aromatic heterocycles. The molecule has 0 amide bonds. The van der Waals surface area contributed by atoms with Crippen LogP contribution < -0.4 is 21.9 Å². The predicted octanol–water partition coefficient (Wildman–Crippen LogP) is -0.891. The van der Waals surface area contributed by atoms with Crippen molar-refractivity contribution in [3.05, 3.63) is 11.1 Å². The minimum atomic E-state index is 0.214. The van der Waals surface area contributed by atoms with E-state index in [0.29, 0.717) is 21.9 Å². The zero-order chi connectivity index (χ0) is 12.6. The van der Waals surface area contributed by atoms with E-state index in [9.17, 15) is 0 Å². The van der Waals surface area contributed by atoms with Crippen molar-refractivity contribution in [1.29, 1.82) is 0 Å². The van der Waals surface area contributed by atoms with E-state index >= 15 is 0 Å². The largest absolute Gasteiger partial charge is 0.113 e. The Morgan fingerprint density at radius 2 is 0.750 bits per heavy atom. The summed E-state index contributed by atoms with van der Waals surface area (Å²) in [4.78, 5) is 0. The lowest BCUT2D eigenvalue weighted by Crippen LogP contribution is -2.48. The van der Waals surface area contributed by atoms with Gasteiger partial charge >= 0.3 is 0 Å². The number of hydrogen-bond acceptors (Lipinski definition) is 0. The molecule has 8 radical (unpaired) electrons. The van der Waals surface area contributed by atoms with Gasteiger partial charge in [-0.05, 0) is 11.8 Å². The summed E-state index contributed by atoms with van der Waals surface area (Å²) in [6.45, 7) is 8.10. The van der Waals surface area contributed by atoms with E-state index in [1.807, 2.05) is 27.7 Å². The van der Waals surface area contributed by atoms with Gasteiger partial charge in [-0.3, -0.25) is 0 Å². The Bertz CT molecular complexity index is 340. The molecule has 0 aliphatic heterocycles. The molecule has 0 heterocycles. The molecule has 0 spiro atoms. The van der Waals surface area contributed by atoms with E-state index in [1.165, 1.54) is 0 Å². The molecule has 0 fully saturated rings. The molecule has 4 heteroatoms. The molecule has 1 aromatic carbocycles. The number of hydrogen-bond donors (Lipinski definition) is 0. The van der Waals surface area contributed by atoms with Gasteiger partial charge in [0.15, 0.2) is 0 Å². The Balaban J connectivity index is 3.63. The van der Waals surface area contributed by atoms with Gasteiger partial charge in [-0.2, -0.15) is 0 Å². The minimum Gasteiger partial charge on any atom is -0.100 e.